The number of aliphatic hydroxyl groups is 1. The lowest BCUT2D eigenvalue weighted by molar-refractivity contribution is 0.136. The van der Waals surface area contributed by atoms with Gasteiger partial charge in [0, 0.05) is 12.7 Å². The highest BCUT2D eigenvalue weighted by molar-refractivity contribution is 5.15. The van der Waals surface area contributed by atoms with E-state index in [-0.39, 0.29) is 6.10 Å². The molecule has 1 saturated carbocycles. The first kappa shape index (κ1) is 9.71. The van der Waals surface area contributed by atoms with Crippen LogP contribution >= 0.6 is 0 Å². The van der Waals surface area contributed by atoms with Crippen LogP contribution in [0.25, 0.3) is 0 Å². The van der Waals surface area contributed by atoms with E-state index in [0.29, 0.717) is 11.8 Å². The SMILES string of the molecule is CCn1cc(C2CCC(O)C2C)cn1. The zero-order valence-corrected chi connectivity index (χ0v) is 8.85. The highest BCUT2D eigenvalue weighted by Gasteiger charge is 2.32. The molecule has 0 saturated heterocycles. The minimum absolute atomic E-state index is 0.120. The standard InChI is InChI=1S/C11H18N2O/c1-3-13-7-9(6-12-13)10-4-5-11(14)8(10)2/h6-8,10-11,14H,3-5H2,1-2H3. The van der Waals surface area contributed by atoms with Crippen molar-refractivity contribution >= 4 is 0 Å². The Morgan fingerprint density at radius 3 is 2.86 bits per heavy atom. The minimum atomic E-state index is -0.120. The van der Waals surface area contributed by atoms with Gasteiger partial charge in [0.1, 0.15) is 0 Å². The van der Waals surface area contributed by atoms with Crippen LogP contribution in [-0.4, -0.2) is 21.0 Å². The van der Waals surface area contributed by atoms with Crippen LogP contribution in [0.3, 0.4) is 0 Å². The van der Waals surface area contributed by atoms with Crippen molar-refractivity contribution in [1.82, 2.24) is 9.78 Å². The van der Waals surface area contributed by atoms with Crippen LogP contribution in [-0.2, 0) is 6.54 Å². The van der Waals surface area contributed by atoms with Gasteiger partial charge in [-0.2, -0.15) is 5.10 Å². The van der Waals surface area contributed by atoms with Crippen LogP contribution in [0.2, 0.25) is 0 Å². The number of hydrogen-bond donors (Lipinski definition) is 1. The molecule has 0 aromatic carbocycles. The smallest absolute Gasteiger partial charge is 0.0571 e. The first-order valence-corrected chi connectivity index (χ1v) is 5.42. The summed E-state index contributed by atoms with van der Waals surface area (Å²) in [5.41, 5.74) is 1.29. The lowest BCUT2D eigenvalue weighted by Gasteiger charge is -2.15. The maximum Gasteiger partial charge on any atom is 0.0571 e. The Balaban J connectivity index is 2.15. The zero-order valence-electron chi connectivity index (χ0n) is 8.85. The number of hydrogen-bond acceptors (Lipinski definition) is 2. The molecule has 2 rings (SSSR count). The highest BCUT2D eigenvalue weighted by atomic mass is 16.3. The van der Waals surface area contributed by atoms with Crippen molar-refractivity contribution in [2.75, 3.05) is 0 Å². The van der Waals surface area contributed by atoms with Gasteiger partial charge < -0.3 is 5.11 Å². The van der Waals surface area contributed by atoms with E-state index < -0.39 is 0 Å². The fourth-order valence-electron chi connectivity index (χ4n) is 2.36. The third-order valence-electron chi connectivity index (χ3n) is 3.42. The summed E-state index contributed by atoms with van der Waals surface area (Å²) in [7, 11) is 0. The van der Waals surface area contributed by atoms with Crippen molar-refractivity contribution in [3.8, 4) is 0 Å². The Morgan fingerprint density at radius 2 is 2.36 bits per heavy atom. The molecule has 3 unspecified atom stereocenters. The van der Waals surface area contributed by atoms with Crippen molar-refractivity contribution in [3.63, 3.8) is 0 Å². The molecule has 0 radical (unpaired) electrons. The van der Waals surface area contributed by atoms with Crippen LogP contribution in [0, 0.1) is 5.92 Å². The summed E-state index contributed by atoms with van der Waals surface area (Å²) in [6.07, 6.45) is 5.97. The third kappa shape index (κ3) is 1.57. The Bertz CT molecular complexity index is 308. The van der Waals surface area contributed by atoms with E-state index in [0.717, 1.165) is 19.4 Å². The Labute approximate surface area is 84.7 Å². The van der Waals surface area contributed by atoms with Crippen LogP contribution < -0.4 is 0 Å². The number of aliphatic hydroxyl groups excluding tert-OH is 1. The van der Waals surface area contributed by atoms with Crippen molar-refractivity contribution < 1.29 is 5.11 Å². The molecule has 3 nitrogen and oxygen atoms in total. The fraction of sp³-hybridized carbons (Fsp3) is 0.727. The van der Waals surface area contributed by atoms with Crippen LogP contribution in [0.15, 0.2) is 12.4 Å². The second-order valence-corrected chi connectivity index (χ2v) is 4.24. The quantitative estimate of drug-likeness (QED) is 0.779. The van der Waals surface area contributed by atoms with Crippen molar-refractivity contribution in [1.29, 1.82) is 0 Å². The first-order chi connectivity index (χ1) is 6.72. The van der Waals surface area contributed by atoms with Crippen molar-refractivity contribution in [2.24, 2.45) is 5.92 Å². The molecule has 1 fully saturated rings. The molecule has 0 bridgehead atoms. The Kier molecular flexibility index (Phi) is 2.59. The molecule has 1 aliphatic carbocycles. The number of aromatic nitrogens is 2. The van der Waals surface area contributed by atoms with E-state index >= 15 is 0 Å². The lowest BCUT2D eigenvalue weighted by Crippen LogP contribution is -2.13. The highest BCUT2D eigenvalue weighted by Crippen LogP contribution is 2.39. The summed E-state index contributed by atoms with van der Waals surface area (Å²) in [5.74, 6) is 0.884. The molecule has 0 spiro atoms. The van der Waals surface area contributed by atoms with E-state index in [4.69, 9.17) is 0 Å². The summed E-state index contributed by atoms with van der Waals surface area (Å²) in [6, 6.07) is 0. The monoisotopic (exact) mass is 194 g/mol. The molecular formula is C11H18N2O. The molecule has 0 amide bonds. The molecule has 1 heterocycles. The average Bonchev–Trinajstić information content (AvgIpc) is 2.75. The van der Waals surface area contributed by atoms with Gasteiger partial charge in [0.25, 0.3) is 0 Å². The summed E-state index contributed by atoms with van der Waals surface area (Å²) < 4.78 is 1.95. The van der Waals surface area contributed by atoms with Gasteiger partial charge in [0.05, 0.1) is 12.3 Å². The third-order valence-corrected chi connectivity index (χ3v) is 3.42. The van der Waals surface area contributed by atoms with Gasteiger partial charge in [-0.1, -0.05) is 6.92 Å². The molecule has 1 aromatic rings. The van der Waals surface area contributed by atoms with Gasteiger partial charge in [-0.3, -0.25) is 4.68 Å². The van der Waals surface area contributed by atoms with Crippen LogP contribution in [0.1, 0.15) is 38.2 Å². The van der Waals surface area contributed by atoms with Crippen LogP contribution in [0.4, 0.5) is 0 Å². The molecule has 3 atom stereocenters. The second kappa shape index (κ2) is 3.73. The maximum atomic E-state index is 9.67. The molecule has 78 valence electrons. The van der Waals surface area contributed by atoms with E-state index in [9.17, 15) is 5.11 Å². The van der Waals surface area contributed by atoms with Gasteiger partial charge >= 0.3 is 0 Å². The molecule has 14 heavy (non-hydrogen) atoms. The number of aryl methyl sites for hydroxylation is 1. The molecule has 3 heteroatoms. The number of rotatable bonds is 2. The first-order valence-electron chi connectivity index (χ1n) is 5.42. The van der Waals surface area contributed by atoms with E-state index in [1.54, 1.807) is 0 Å². The molecule has 1 N–H and O–H groups in total. The second-order valence-electron chi connectivity index (χ2n) is 4.24. The largest absolute Gasteiger partial charge is 0.393 e. The molecule has 1 aliphatic rings. The van der Waals surface area contributed by atoms with Crippen molar-refractivity contribution in [2.45, 2.75) is 45.3 Å². The van der Waals surface area contributed by atoms with E-state index in [1.807, 2.05) is 10.9 Å². The fourth-order valence-corrected chi connectivity index (χ4v) is 2.36. The lowest BCUT2D eigenvalue weighted by atomic mass is 9.92. The topological polar surface area (TPSA) is 38.0 Å². The van der Waals surface area contributed by atoms with E-state index in [2.05, 4.69) is 25.1 Å². The number of nitrogens with zero attached hydrogens (tertiary/aromatic N) is 2. The van der Waals surface area contributed by atoms with Crippen LogP contribution in [0.5, 0.6) is 0 Å². The Hall–Kier alpha value is -0.830. The molecular weight excluding hydrogens is 176 g/mol. The normalized spacial score (nSPS) is 32.4. The van der Waals surface area contributed by atoms with Crippen molar-refractivity contribution in [3.05, 3.63) is 18.0 Å². The predicted octanol–water partition coefficient (Wildman–Crippen LogP) is 1.78. The van der Waals surface area contributed by atoms with E-state index in [1.165, 1.54) is 5.56 Å². The predicted molar refractivity (Wildman–Crippen MR) is 55.0 cm³/mol. The molecule has 1 aromatic heterocycles. The van der Waals surface area contributed by atoms with Gasteiger partial charge in [0.15, 0.2) is 0 Å². The summed E-state index contributed by atoms with van der Waals surface area (Å²) in [6.45, 7) is 5.14. The summed E-state index contributed by atoms with van der Waals surface area (Å²) in [5, 5.41) is 13.9. The molecule has 0 aliphatic heterocycles. The minimum Gasteiger partial charge on any atom is -0.393 e. The van der Waals surface area contributed by atoms with Gasteiger partial charge in [-0.15, -0.1) is 0 Å². The Morgan fingerprint density at radius 1 is 1.57 bits per heavy atom. The zero-order chi connectivity index (χ0) is 10.1. The van der Waals surface area contributed by atoms with Gasteiger partial charge in [-0.05, 0) is 37.2 Å². The maximum absolute atomic E-state index is 9.67. The summed E-state index contributed by atoms with van der Waals surface area (Å²) in [4.78, 5) is 0. The average molecular weight is 194 g/mol. The van der Waals surface area contributed by atoms with Gasteiger partial charge in [-0.25, -0.2) is 0 Å². The van der Waals surface area contributed by atoms with Gasteiger partial charge in [0.2, 0.25) is 0 Å². The summed E-state index contributed by atoms with van der Waals surface area (Å²) >= 11 is 0.